The summed E-state index contributed by atoms with van der Waals surface area (Å²) in [4.78, 5) is 61.9. The Balaban J connectivity index is 1.62. The van der Waals surface area contributed by atoms with Gasteiger partial charge in [0.2, 0.25) is 0 Å². The van der Waals surface area contributed by atoms with E-state index < -0.39 is 29.3 Å². The largest absolute Gasteiger partial charge is 0.458 e. The van der Waals surface area contributed by atoms with Crippen molar-refractivity contribution in [1.82, 2.24) is 28.7 Å². The Hall–Kier alpha value is -4.61. The summed E-state index contributed by atoms with van der Waals surface area (Å²) in [5, 5.41) is 0. The number of nitrogens with zero attached hydrogens (tertiary/aromatic N) is 6. The molecule has 0 amide bonds. The summed E-state index contributed by atoms with van der Waals surface area (Å²) in [7, 11) is 2.86. The Bertz CT molecular complexity index is 1460. The highest BCUT2D eigenvalue weighted by Gasteiger charge is 2.22. The van der Waals surface area contributed by atoms with Gasteiger partial charge in [-0.15, -0.1) is 0 Å². The number of aryl methyl sites for hydroxylation is 1. The molecule has 4 rings (SSSR count). The van der Waals surface area contributed by atoms with Crippen LogP contribution in [0.15, 0.2) is 65.0 Å². The lowest BCUT2D eigenvalue weighted by Gasteiger charge is -2.19. The fourth-order valence-electron chi connectivity index (χ4n) is 3.32. The normalized spacial score (nSPS) is 11.8. The summed E-state index contributed by atoms with van der Waals surface area (Å²) >= 11 is 0. The predicted octanol–water partition coefficient (Wildman–Crippen LogP) is 0.306. The summed E-state index contributed by atoms with van der Waals surface area (Å²) in [6.07, 6.45) is 6.12. The number of rotatable bonds is 7. The maximum atomic E-state index is 12.7. The number of hydrogen-bond acceptors (Lipinski definition) is 9. The Morgan fingerprint density at radius 1 is 0.971 bits per heavy atom. The van der Waals surface area contributed by atoms with Crippen LogP contribution in [-0.2, 0) is 30.1 Å². The maximum absolute atomic E-state index is 12.7. The molecule has 0 radical (unpaired) electrons. The molecule has 4 aromatic heterocycles. The molecule has 4 aromatic rings. The van der Waals surface area contributed by atoms with Gasteiger partial charge in [0, 0.05) is 38.9 Å². The fourth-order valence-corrected chi connectivity index (χ4v) is 3.32. The van der Waals surface area contributed by atoms with Crippen molar-refractivity contribution in [2.45, 2.75) is 12.6 Å². The zero-order chi connectivity index (χ0) is 24.2. The monoisotopic (exact) mass is 464 g/mol. The van der Waals surface area contributed by atoms with E-state index in [1.165, 1.54) is 60.4 Å². The number of imidazole rings is 1. The van der Waals surface area contributed by atoms with Gasteiger partial charge in [0.05, 0.1) is 24.0 Å². The number of esters is 2. The summed E-state index contributed by atoms with van der Waals surface area (Å²) in [5.74, 6) is -1.33. The molecule has 0 saturated heterocycles. The first-order valence-electron chi connectivity index (χ1n) is 10.2. The Morgan fingerprint density at radius 2 is 1.62 bits per heavy atom. The lowest BCUT2D eigenvalue weighted by atomic mass is 10.3. The molecule has 1 atom stereocenters. The molecule has 4 heterocycles. The van der Waals surface area contributed by atoms with Gasteiger partial charge < -0.3 is 14.0 Å². The lowest BCUT2D eigenvalue weighted by Crippen LogP contribution is -2.38. The van der Waals surface area contributed by atoms with Crippen molar-refractivity contribution in [3.8, 4) is 0 Å². The van der Waals surface area contributed by atoms with Crippen molar-refractivity contribution in [3.63, 3.8) is 0 Å². The van der Waals surface area contributed by atoms with Gasteiger partial charge in [-0.2, -0.15) is 0 Å². The summed E-state index contributed by atoms with van der Waals surface area (Å²) < 4.78 is 14.6. The quantitative estimate of drug-likeness (QED) is 0.353. The summed E-state index contributed by atoms with van der Waals surface area (Å²) in [6, 6.07) is 6.25. The molecule has 0 aliphatic carbocycles. The van der Waals surface area contributed by atoms with E-state index in [4.69, 9.17) is 9.47 Å². The van der Waals surface area contributed by atoms with E-state index in [1.54, 1.807) is 18.2 Å². The first-order valence-corrected chi connectivity index (χ1v) is 10.2. The van der Waals surface area contributed by atoms with Gasteiger partial charge in [0.25, 0.3) is 5.56 Å². The van der Waals surface area contributed by atoms with Crippen LogP contribution in [0.25, 0.3) is 11.2 Å². The smallest absolute Gasteiger partial charge is 0.340 e. The molecule has 34 heavy (non-hydrogen) atoms. The predicted molar refractivity (Wildman–Crippen MR) is 118 cm³/mol. The van der Waals surface area contributed by atoms with E-state index in [0.717, 1.165) is 4.57 Å². The van der Waals surface area contributed by atoms with E-state index in [1.807, 2.05) is 0 Å². The van der Waals surface area contributed by atoms with Crippen LogP contribution in [0.3, 0.4) is 0 Å². The molecule has 0 aromatic carbocycles. The highest BCUT2D eigenvalue weighted by molar-refractivity contribution is 5.89. The molecule has 0 saturated carbocycles. The first-order chi connectivity index (χ1) is 16.4. The zero-order valence-corrected chi connectivity index (χ0v) is 18.3. The van der Waals surface area contributed by atoms with Crippen LogP contribution in [-0.4, -0.2) is 53.3 Å². The minimum atomic E-state index is -0.979. The average Bonchev–Trinajstić information content (AvgIpc) is 3.29. The first kappa shape index (κ1) is 22.6. The minimum absolute atomic E-state index is 0.0593. The molecule has 0 N–H and O–H groups in total. The minimum Gasteiger partial charge on any atom is -0.458 e. The molecule has 174 valence electrons. The Morgan fingerprint density at radius 3 is 2.24 bits per heavy atom. The molecule has 0 fully saturated rings. The number of hydrogen-bond donors (Lipinski definition) is 0. The van der Waals surface area contributed by atoms with Gasteiger partial charge >= 0.3 is 17.6 Å². The molecule has 0 aliphatic heterocycles. The number of ether oxygens (including phenoxy) is 2. The maximum Gasteiger partial charge on any atom is 0.340 e. The average molecular weight is 464 g/mol. The van der Waals surface area contributed by atoms with E-state index in [0.29, 0.717) is 0 Å². The Kier molecular flexibility index (Phi) is 6.30. The molecule has 0 unspecified atom stereocenters. The SMILES string of the molecule is Cn1c(=O)c2c(ncn2C[C@H](COC(=O)c2cccnc2)OC(=O)c2cccnc2)n(C)c1=O. The van der Waals surface area contributed by atoms with Crippen LogP contribution < -0.4 is 11.2 Å². The van der Waals surface area contributed by atoms with Crippen LogP contribution in [0.2, 0.25) is 0 Å². The Labute approximate surface area is 192 Å². The van der Waals surface area contributed by atoms with Gasteiger partial charge in [-0.05, 0) is 24.3 Å². The standard InChI is InChI=1S/C22H20N6O6/c1-26-18-17(19(29)27(2)22(26)32)28(13-25-18)11-16(34-21(31)15-6-4-8-24-10-15)12-33-20(30)14-5-3-7-23-9-14/h3-10,13,16H,11-12H2,1-2H3/t16-/m1/s1. The second kappa shape index (κ2) is 9.48. The second-order valence-electron chi connectivity index (χ2n) is 7.38. The van der Waals surface area contributed by atoms with Crippen LogP contribution in [0.4, 0.5) is 0 Å². The number of pyridine rings is 2. The van der Waals surface area contributed by atoms with Crippen molar-refractivity contribution in [1.29, 1.82) is 0 Å². The third-order valence-electron chi connectivity index (χ3n) is 5.09. The molecule has 0 bridgehead atoms. The third-order valence-corrected chi connectivity index (χ3v) is 5.09. The molecule has 0 spiro atoms. The van der Waals surface area contributed by atoms with Crippen LogP contribution >= 0.6 is 0 Å². The van der Waals surface area contributed by atoms with Crippen molar-refractivity contribution in [3.05, 3.63) is 87.3 Å². The van der Waals surface area contributed by atoms with Crippen LogP contribution in [0.1, 0.15) is 20.7 Å². The topological polar surface area (TPSA) is 140 Å². The third kappa shape index (κ3) is 4.46. The van der Waals surface area contributed by atoms with E-state index in [9.17, 15) is 19.2 Å². The van der Waals surface area contributed by atoms with Crippen molar-refractivity contribution >= 4 is 23.1 Å². The molecular weight excluding hydrogens is 444 g/mol. The van der Waals surface area contributed by atoms with E-state index >= 15 is 0 Å². The van der Waals surface area contributed by atoms with Crippen LogP contribution in [0, 0.1) is 0 Å². The fraction of sp³-hybridized carbons (Fsp3) is 0.227. The number of carbonyl (C=O) groups is 2. The highest BCUT2D eigenvalue weighted by atomic mass is 16.6. The lowest BCUT2D eigenvalue weighted by molar-refractivity contribution is -0.00493. The van der Waals surface area contributed by atoms with Gasteiger partial charge in [-0.3, -0.25) is 23.9 Å². The van der Waals surface area contributed by atoms with Crippen molar-refractivity contribution < 1.29 is 19.1 Å². The summed E-state index contributed by atoms with van der Waals surface area (Å²) in [5.41, 5.74) is -0.312. The highest BCUT2D eigenvalue weighted by Crippen LogP contribution is 2.11. The molecule has 12 heteroatoms. The summed E-state index contributed by atoms with van der Waals surface area (Å²) in [6.45, 7) is -0.359. The van der Waals surface area contributed by atoms with Gasteiger partial charge in [0.1, 0.15) is 6.61 Å². The van der Waals surface area contributed by atoms with Gasteiger partial charge in [0.15, 0.2) is 17.3 Å². The van der Waals surface area contributed by atoms with E-state index in [2.05, 4.69) is 15.0 Å². The number of carbonyl (C=O) groups excluding carboxylic acids is 2. The number of fused-ring (bicyclic) bond motifs is 1. The zero-order valence-electron chi connectivity index (χ0n) is 18.3. The van der Waals surface area contributed by atoms with Crippen molar-refractivity contribution in [2.24, 2.45) is 14.1 Å². The van der Waals surface area contributed by atoms with Gasteiger partial charge in [-0.1, -0.05) is 0 Å². The molecule has 12 nitrogen and oxygen atoms in total. The molecular formula is C22H20N6O6. The molecule has 0 aliphatic rings. The van der Waals surface area contributed by atoms with Crippen molar-refractivity contribution in [2.75, 3.05) is 6.61 Å². The second-order valence-corrected chi connectivity index (χ2v) is 7.38. The van der Waals surface area contributed by atoms with E-state index in [-0.39, 0.29) is 35.4 Å². The number of aromatic nitrogens is 6. The van der Waals surface area contributed by atoms with Crippen LogP contribution in [0.5, 0.6) is 0 Å². The van der Waals surface area contributed by atoms with Gasteiger partial charge in [-0.25, -0.2) is 19.4 Å².